The first-order valence-electron chi connectivity index (χ1n) is 7.97. The van der Waals surface area contributed by atoms with Crippen LogP contribution in [0, 0.1) is 0 Å². The number of aliphatic hydroxyl groups excluding tert-OH is 2. The molecule has 0 saturated heterocycles. The van der Waals surface area contributed by atoms with Crippen LogP contribution in [0.4, 0.5) is 0 Å². The molecule has 0 bridgehead atoms. The highest BCUT2D eigenvalue weighted by atomic mass is 16.5. The fraction of sp³-hybridized carbons (Fsp3) is 0.368. The summed E-state index contributed by atoms with van der Waals surface area (Å²) in [7, 11) is 0. The molecule has 2 N–H and O–H groups in total. The van der Waals surface area contributed by atoms with Crippen molar-refractivity contribution in [2.24, 2.45) is 0 Å². The van der Waals surface area contributed by atoms with Gasteiger partial charge >= 0.3 is 0 Å². The summed E-state index contributed by atoms with van der Waals surface area (Å²) in [5.41, 5.74) is 2.15. The number of aliphatic hydroxyl groups is 2. The van der Waals surface area contributed by atoms with Gasteiger partial charge in [0.15, 0.2) is 0 Å². The highest BCUT2D eigenvalue weighted by Gasteiger charge is 2.20. The Hall–Kier alpha value is -2.04. The van der Waals surface area contributed by atoms with Crippen molar-refractivity contribution in [1.82, 2.24) is 0 Å². The molecular weight excluding hydrogens is 292 g/mol. The van der Waals surface area contributed by atoms with Crippen molar-refractivity contribution in [2.45, 2.75) is 19.3 Å². The van der Waals surface area contributed by atoms with Gasteiger partial charge in [0, 0.05) is 17.0 Å². The highest BCUT2D eigenvalue weighted by Crippen LogP contribution is 2.38. The minimum atomic E-state index is -0.0126. The number of hydrogen-bond acceptors (Lipinski definition) is 4. The Morgan fingerprint density at radius 2 is 1.22 bits per heavy atom. The number of para-hydroxylation sites is 2. The maximum Gasteiger partial charge on any atom is 0.123 e. The van der Waals surface area contributed by atoms with Gasteiger partial charge in [0.05, 0.1) is 13.2 Å². The van der Waals surface area contributed by atoms with E-state index in [2.05, 4.69) is 6.92 Å². The van der Waals surface area contributed by atoms with E-state index >= 15 is 0 Å². The second kappa shape index (κ2) is 9.18. The maximum absolute atomic E-state index is 9.00. The predicted molar refractivity (Wildman–Crippen MR) is 90.2 cm³/mol. The van der Waals surface area contributed by atoms with E-state index in [0.29, 0.717) is 0 Å². The Morgan fingerprint density at radius 3 is 1.61 bits per heavy atom. The molecule has 0 fully saturated rings. The maximum atomic E-state index is 9.00. The van der Waals surface area contributed by atoms with E-state index in [1.165, 1.54) is 0 Å². The van der Waals surface area contributed by atoms with E-state index in [1.54, 1.807) is 0 Å². The van der Waals surface area contributed by atoms with Gasteiger partial charge < -0.3 is 19.7 Å². The SMILES string of the molecule is CCC(c1ccccc1OCCO)c1ccccc1OCCO. The molecule has 2 rings (SSSR count). The van der Waals surface area contributed by atoms with Gasteiger partial charge in [-0.15, -0.1) is 0 Å². The van der Waals surface area contributed by atoms with Crippen LogP contribution in [0.2, 0.25) is 0 Å². The molecule has 0 saturated carbocycles. The zero-order valence-corrected chi connectivity index (χ0v) is 13.4. The molecule has 0 aliphatic rings. The second-order valence-electron chi connectivity index (χ2n) is 5.18. The molecule has 4 nitrogen and oxygen atoms in total. The van der Waals surface area contributed by atoms with Crippen LogP contribution >= 0.6 is 0 Å². The average molecular weight is 316 g/mol. The van der Waals surface area contributed by atoms with Crippen molar-refractivity contribution < 1.29 is 19.7 Å². The summed E-state index contributed by atoms with van der Waals surface area (Å²) < 4.78 is 11.4. The van der Waals surface area contributed by atoms with Crippen LogP contribution in [0.1, 0.15) is 30.4 Å². The Morgan fingerprint density at radius 1 is 0.783 bits per heavy atom. The lowest BCUT2D eigenvalue weighted by Gasteiger charge is -2.22. The van der Waals surface area contributed by atoms with Gasteiger partial charge in [-0.2, -0.15) is 0 Å². The minimum absolute atomic E-state index is 0.0126. The van der Waals surface area contributed by atoms with Crippen LogP contribution in [0.25, 0.3) is 0 Å². The Bertz CT molecular complexity index is 546. The standard InChI is InChI=1S/C19H24O4/c1-2-15(16-7-3-5-9-18(16)22-13-11-20)17-8-4-6-10-19(17)23-14-12-21/h3-10,15,20-21H,2,11-14H2,1H3. The molecule has 0 spiro atoms. The number of benzene rings is 2. The van der Waals surface area contributed by atoms with E-state index in [9.17, 15) is 0 Å². The van der Waals surface area contributed by atoms with E-state index in [-0.39, 0.29) is 32.3 Å². The fourth-order valence-corrected chi connectivity index (χ4v) is 2.72. The summed E-state index contributed by atoms with van der Waals surface area (Å²) in [6, 6.07) is 15.8. The zero-order chi connectivity index (χ0) is 16.5. The molecule has 4 heteroatoms. The molecule has 0 aliphatic carbocycles. The van der Waals surface area contributed by atoms with Crippen molar-refractivity contribution in [3.05, 3.63) is 59.7 Å². The van der Waals surface area contributed by atoms with Crippen LogP contribution in [0.5, 0.6) is 11.5 Å². The second-order valence-corrected chi connectivity index (χ2v) is 5.18. The van der Waals surface area contributed by atoms with Gasteiger partial charge in [-0.05, 0) is 18.6 Å². The number of hydrogen-bond donors (Lipinski definition) is 2. The Balaban J connectivity index is 2.37. The fourth-order valence-electron chi connectivity index (χ4n) is 2.72. The largest absolute Gasteiger partial charge is 0.491 e. The number of rotatable bonds is 9. The summed E-state index contributed by atoms with van der Waals surface area (Å²) in [4.78, 5) is 0. The van der Waals surface area contributed by atoms with Crippen molar-refractivity contribution in [3.63, 3.8) is 0 Å². The summed E-state index contributed by atoms with van der Waals surface area (Å²) in [6.45, 7) is 2.64. The molecule has 2 aromatic rings. The molecule has 0 atom stereocenters. The molecule has 23 heavy (non-hydrogen) atoms. The van der Waals surface area contributed by atoms with Gasteiger partial charge in [-0.1, -0.05) is 43.3 Å². The molecular formula is C19H24O4. The molecule has 2 aromatic carbocycles. The smallest absolute Gasteiger partial charge is 0.123 e. The molecule has 0 unspecified atom stereocenters. The Kier molecular flexibility index (Phi) is 6.91. The lowest BCUT2D eigenvalue weighted by Crippen LogP contribution is -2.09. The third kappa shape index (κ3) is 4.47. The van der Waals surface area contributed by atoms with Gasteiger partial charge in [0.1, 0.15) is 24.7 Å². The quantitative estimate of drug-likeness (QED) is 0.747. The Labute approximate surface area is 137 Å². The van der Waals surface area contributed by atoms with Crippen molar-refractivity contribution in [1.29, 1.82) is 0 Å². The summed E-state index contributed by atoms with van der Waals surface area (Å²) in [6.07, 6.45) is 0.888. The van der Waals surface area contributed by atoms with Crippen LogP contribution in [-0.2, 0) is 0 Å². The van der Waals surface area contributed by atoms with Crippen molar-refractivity contribution >= 4 is 0 Å². The molecule has 0 aromatic heterocycles. The predicted octanol–water partition coefficient (Wildman–Crippen LogP) is 2.97. The molecule has 0 radical (unpaired) electrons. The topological polar surface area (TPSA) is 58.9 Å². The monoisotopic (exact) mass is 316 g/mol. The first-order chi connectivity index (χ1) is 11.3. The molecule has 0 amide bonds. The molecule has 124 valence electrons. The summed E-state index contributed by atoms with van der Waals surface area (Å²) in [5, 5.41) is 18.0. The lowest BCUT2D eigenvalue weighted by atomic mass is 9.88. The van der Waals surface area contributed by atoms with E-state index in [4.69, 9.17) is 19.7 Å². The minimum Gasteiger partial charge on any atom is -0.491 e. The van der Waals surface area contributed by atoms with Gasteiger partial charge in [-0.3, -0.25) is 0 Å². The zero-order valence-electron chi connectivity index (χ0n) is 13.4. The summed E-state index contributed by atoms with van der Waals surface area (Å²) in [5.74, 6) is 1.69. The van der Waals surface area contributed by atoms with Crippen LogP contribution in [0.3, 0.4) is 0 Å². The van der Waals surface area contributed by atoms with E-state index in [1.807, 2.05) is 48.5 Å². The third-order valence-corrected chi connectivity index (χ3v) is 3.69. The van der Waals surface area contributed by atoms with Crippen molar-refractivity contribution in [3.8, 4) is 11.5 Å². The first-order valence-corrected chi connectivity index (χ1v) is 7.97. The van der Waals surface area contributed by atoms with E-state index in [0.717, 1.165) is 29.0 Å². The van der Waals surface area contributed by atoms with Gasteiger partial charge in [0.2, 0.25) is 0 Å². The van der Waals surface area contributed by atoms with Crippen LogP contribution in [0.15, 0.2) is 48.5 Å². The van der Waals surface area contributed by atoms with Gasteiger partial charge in [-0.25, -0.2) is 0 Å². The highest BCUT2D eigenvalue weighted by molar-refractivity contribution is 5.47. The average Bonchev–Trinajstić information content (AvgIpc) is 2.60. The van der Waals surface area contributed by atoms with Gasteiger partial charge in [0.25, 0.3) is 0 Å². The normalized spacial score (nSPS) is 10.8. The first kappa shape index (κ1) is 17.3. The van der Waals surface area contributed by atoms with Crippen LogP contribution < -0.4 is 9.47 Å². The third-order valence-electron chi connectivity index (χ3n) is 3.69. The molecule has 0 aliphatic heterocycles. The number of ether oxygens (including phenoxy) is 2. The lowest BCUT2D eigenvalue weighted by molar-refractivity contribution is 0.198. The van der Waals surface area contributed by atoms with E-state index < -0.39 is 0 Å². The summed E-state index contributed by atoms with van der Waals surface area (Å²) >= 11 is 0. The van der Waals surface area contributed by atoms with Crippen molar-refractivity contribution in [2.75, 3.05) is 26.4 Å². The molecule has 0 heterocycles. The van der Waals surface area contributed by atoms with Crippen LogP contribution in [-0.4, -0.2) is 36.6 Å².